The first-order valence-corrected chi connectivity index (χ1v) is 10.8. The monoisotopic (exact) mass is 449 g/mol. The number of amides is 3. The fourth-order valence-electron chi connectivity index (χ4n) is 3.73. The van der Waals surface area contributed by atoms with Crippen molar-refractivity contribution in [2.24, 2.45) is 5.92 Å². The number of hydrogen-bond acceptors (Lipinski definition) is 6. The summed E-state index contributed by atoms with van der Waals surface area (Å²) < 4.78 is 16.5. The number of benzene rings is 1. The van der Waals surface area contributed by atoms with Crippen molar-refractivity contribution in [3.63, 3.8) is 0 Å². The van der Waals surface area contributed by atoms with Gasteiger partial charge in [-0.05, 0) is 25.1 Å². The van der Waals surface area contributed by atoms with E-state index in [0.717, 1.165) is 0 Å². The fourth-order valence-corrected chi connectivity index (χ4v) is 3.73. The van der Waals surface area contributed by atoms with Gasteiger partial charge in [0.25, 0.3) is 5.91 Å². The first-order chi connectivity index (χ1) is 15.2. The van der Waals surface area contributed by atoms with Gasteiger partial charge in [-0.15, -0.1) is 0 Å². The first kappa shape index (κ1) is 25.6. The molecule has 0 radical (unpaired) electrons. The number of rotatable bonds is 5. The van der Waals surface area contributed by atoms with Gasteiger partial charge in [-0.3, -0.25) is 14.4 Å². The number of fused-ring (bicyclic) bond motifs is 1. The SMILES string of the molecule is CCC(=O)N1C[C@H](C)[C@@H](OC)CN(C)C(=O)c2cc(NC(=O)COC)ccc2OC[C@@H]1C. The van der Waals surface area contributed by atoms with E-state index in [4.69, 9.17) is 14.2 Å². The van der Waals surface area contributed by atoms with Crippen LogP contribution < -0.4 is 10.1 Å². The van der Waals surface area contributed by atoms with E-state index in [-0.39, 0.29) is 49.0 Å². The number of likely N-dealkylation sites (N-methyl/N-ethyl adjacent to an activating group) is 1. The first-order valence-electron chi connectivity index (χ1n) is 10.8. The van der Waals surface area contributed by atoms with Gasteiger partial charge in [0.05, 0.1) is 17.7 Å². The number of methoxy groups -OCH3 is 2. The van der Waals surface area contributed by atoms with Crippen LogP contribution in [-0.2, 0) is 19.1 Å². The van der Waals surface area contributed by atoms with Crippen LogP contribution in [-0.4, -0.2) is 87.2 Å². The van der Waals surface area contributed by atoms with Crippen molar-refractivity contribution in [2.75, 3.05) is 52.9 Å². The summed E-state index contributed by atoms with van der Waals surface area (Å²) in [5.41, 5.74) is 0.794. The Kier molecular flexibility index (Phi) is 9.46. The highest BCUT2D eigenvalue weighted by Crippen LogP contribution is 2.26. The average molecular weight is 450 g/mol. The molecule has 0 bridgehead atoms. The van der Waals surface area contributed by atoms with Gasteiger partial charge in [0.2, 0.25) is 11.8 Å². The molecule has 178 valence electrons. The normalized spacial score (nSPS) is 22.3. The number of carbonyl (C=O) groups is 3. The maximum atomic E-state index is 13.3. The number of hydrogen-bond donors (Lipinski definition) is 1. The summed E-state index contributed by atoms with van der Waals surface area (Å²) in [7, 11) is 4.75. The second-order valence-electron chi connectivity index (χ2n) is 8.19. The van der Waals surface area contributed by atoms with Crippen molar-refractivity contribution >= 4 is 23.4 Å². The number of nitrogens with zero attached hydrogens (tertiary/aromatic N) is 2. The quantitative estimate of drug-likeness (QED) is 0.739. The highest BCUT2D eigenvalue weighted by Gasteiger charge is 2.30. The summed E-state index contributed by atoms with van der Waals surface area (Å²) in [5, 5.41) is 2.71. The Labute approximate surface area is 190 Å². The molecule has 0 unspecified atom stereocenters. The Bertz CT molecular complexity index is 815. The summed E-state index contributed by atoms with van der Waals surface area (Å²) in [6.45, 7) is 6.78. The van der Waals surface area contributed by atoms with E-state index >= 15 is 0 Å². The molecule has 2 rings (SSSR count). The maximum Gasteiger partial charge on any atom is 0.257 e. The minimum absolute atomic E-state index is 0.00626. The van der Waals surface area contributed by atoms with E-state index in [1.54, 1.807) is 37.3 Å². The zero-order chi connectivity index (χ0) is 23.8. The molecule has 1 N–H and O–H groups in total. The van der Waals surface area contributed by atoms with E-state index in [9.17, 15) is 14.4 Å². The largest absolute Gasteiger partial charge is 0.491 e. The molecule has 1 aliphatic rings. The van der Waals surface area contributed by atoms with Gasteiger partial charge >= 0.3 is 0 Å². The average Bonchev–Trinajstić information content (AvgIpc) is 2.77. The minimum Gasteiger partial charge on any atom is -0.491 e. The van der Waals surface area contributed by atoms with Gasteiger partial charge in [0, 0.05) is 52.4 Å². The standard InChI is InChI=1S/C23H35N3O6/c1-7-22(28)26-11-15(2)20(31-6)12-25(4)23(29)18-10-17(24-21(27)14-30-5)8-9-19(18)32-13-16(26)3/h8-10,15-16,20H,7,11-14H2,1-6H3,(H,24,27)/t15-,16-,20-/m0/s1. The van der Waals surface area contributed by atoms with E-state index in [1.807, 2.05) is 25.7 Å². The molecule has 0 aliphatic carbocycles. The molecule has 0 spiro atoms. The molecule has 3 amide bonds. The molecule has 1 aromatic carbocycles. The molecule has 0 saturated carbocycles. The van der Waals surface area contributed by atoms with Crippen LogP contribution in [0.5, 0.6) is 5.75 Å². The van der Waals surface area contributed by atoms with Crippen molar-refractivity contribution in [1.29, 1.82) is 0 Å². The van der Waals surface area contributed by atoms with E-state index in [2.05, 4.69) is 5.32 Å². The smallest absolute Gasteiger partial charge is 0.257 e. The van der Waals surface area contributed by atoms with Gasteiger partial charge in [-0.2, -0.15) is 0 Å². The molecule has 9 heteroatoms. The molecule has 32 heavy (non-hydrogen) atoms. The van der Waals surface area contributed by atoms with Crippen molar-refractivity contribution in [1.82, 2.24) is 9.80 Å². The Morgan fingerprint density at radius 3 is 2.56 bits per heavy atom. The fraction of sp³-hybridized carbons (Fsp3) is 0.609. The number of ether oxygens (including phenoxy) is 3. The molecule has 3 atom stereocenters. The van der Waals surface area contributed by atoms with Crippen molar-refractivity contribution in [3.05, 3.63) is 23.8 Å². The number of carbonyl (C=O) groups excluding carboxylic acids is 3. The lowest BCUT2D eigenvalue weighted by Crippen LogP contribution is -2.48. The summed E-state index contributed by atoms with van der Waals surface area (Å²) in [6.07, 6.45) is 0.144. The van der Waals surface area contributed by atoms with Crippen LogP contribution in [0.15, 0.2) is 18.2 Å². The zero-order valence-electron chi connectivity index (χ0n) is 19.8. The van der Waals surface area contributed by atoms with Crippen LogP contribution in [0.4, 0.5) is 5.69 Å². The molecule has 1 aromatic rings. The van der Waals surface area contributed by atoms with Gasteiger partial charge in [-0.25, -0.2) is 0 Å². The van der Waals surface area contributed by atoms with Gasteiger partial charge in [0.15, 0.2) is 0 Å². The third kappa shape index (κ3) is 6.43. The van der Waals surface area contributed by atoms with Crippen molar-refractivity contribution < 1.29 is 28.6 Å². The summed E-state index contributed by atoms with van der Waals surface area (Å²) in [4.78, 5) is 41.2. The lowest BCUT2D eigenvalue weighted by Gasteiger charge is -2.36. The summed E-state index contributed by atoms with van der Waals surface area (Å²) in [5.74, 6) is -0.123. The molecule has 0 aromatic heterocycles. The van der Waals surface area contributed by atoms with Crippen LogP contribution in [0.25, 0.3) is 0 Å². The Morgan fingerprint density at radius 2 is 1.94 bits per heavy atom. The number of nitrogens with one attached hydrogen (secondary N) is 1. The lowest BCUT2D eigenvalue weighted by molar-refractivity contribution is -0.135. The lowest BCUT2D eigenvalue weighted by atomic mass is 10.0. The van der Waals surface area contributed by atoms with Crippen LogP contribution in [0, 0.1) is 5.92 Å². The molecular formula is C23H35N3O6. The second-order valence-corrected chi connectivity index (χ2v) is 8.19. The molecule has 1 aliphatic heterocycles. The molecule has 0 saturated heterocycles. The highest BCUT2D eigenvalue weighted by atomic mass is 16.5. The van der Waals surface area contributed by atoms with Crippen LogP contribution in [0.2, 0.25) is 0 Å². The topological polar surface area (TPSA) is 97.4 Å². The Balaban J connectivity index is 2.43. The Morgan fingerprint density at radius 1 is 1.22 bits per heavy atom. The van der Waals surface area contributed by atoms with Crippen molar-refractivity contribution in [2.45, 2.75) is 39.3 Å². The molecule has 0 fully saturated rings. The van der Waals surface area contributed by atoms with Crippen molar-refractivity contribution in [3.8, 4) is 5.75 Å². The Hall–Kier alpha value is -2.65. The number of anilines is 1. The third-order valence-corrected chi connectivity index (χ3v) is 5.63. The van der Waals surface area contributed by atoms with Gasteiger partial charge in [0.1, 0.15) is 19.0 Å². The predicted molar refractivity (Wildman–Crippen MR) is 121 cm³/mol. The third-order valence-electron chi connectivity index (χ3n) is 5.63. The predicted octanol–water partition coefficient (Wildman–Crippen LogP) is 2.01. The van der Waals surface area contributed by atoms with E-state index < -0.39 is 0 Å². The van der Waals surface area contributed by atoms with Crippen LogP contribution in [0.1, 0.15) is 37.6 Å². The summed E-state index contributed by atoms with van der Waals surface area (Å²) in [6, 6.07) is 4.73. The molecule has 9 nitrogen and oxygen atoms in total. The minimum atomic E-state index is -0.321. The van der Waals surface area contributed by atoms with E-state index in [0.29, 0.717) is 36.5 Å². The van der Waals surface area contributed by atoms with Crippen LogP contribution in [0.3, 0.4) is 0 Å². The maximum absolute atomic E-state index is 13.3. The van der Waals surface area contributed by atoms with Crippen LogP contribution >= 0.6 is 0 Å². The molecular weight excluding hydrogens is 414 g/mol. The van der Waals surface area contributed by atoms with E-state index in [1.165, 1.54) is 7.11 Å². The summed E-state index contributed by atoms with van der Waals surface area (Å²) >= 11 is 0. The van der Waals surface area contributed by atoms with Gasteiger partial charge < -0.3 is 29.3 Å². The highest BCUT2D eigenvalue weighted by molar-refractivity contribution is 5.99. The van der Waals surface area contributed by atoms with Gasteiger partial charge in [-0.1, -0.05) is 13.8 Å². The second kappa shape index (κ2) is 11.8. The zero-order valence-corrected chi connectivity index (χ0v) is 19.8. The molecule has 1 heterocycles.